The smallest absolute Gasteiger partial charge is 0.143 e. The zero-order chi connectivity index (χ0) is 15.6. The van der Waals surface area contributed by atoms with Crippen LogP contribution in [-0.2, 0) is 31.1 Å². The number of nitrogens with zero attached hydrogens (tertiary/aromatic N) is 2. The normalized spacial score (nSPS) is 10.9. The fourth-order valence-electron chi connectivity index (χ4n) is 2.66. The Bertz CT molecular complexity index is 653. The van der Waals surface area contributed by atoms with E-state index in [2.05, 4.69) is 23.3 Å². The van der Waals surface area contributed by atoms with Gasteiger partial charge in [-0.3, -0.25) is 9.48 Å². The van der Waals surface area contributed by atoms with Gasteiger partial charge in [-0.25, -0.2) is 0 Å². The number of ketones is 1. The molecule has 0 unspecified atom stereocenters. The Kier molecular flexibility index (Phi) is 4.84. The van der Waals surface area contributed by atoms with E-state index in [1.807, 2.05) is 27.8 Å². The van der Waals surface area contributed by atoms with E-state index in [1.54, 1.807) is 4.68 Å². The van der Waals surface area contributed by atoms with Crippen LogP contribution in [0.5, 0.6) is 0 Å². The Morgan fingerprint density at radius 3 is 2.33 bits per heavy atom. The molecular weight excluding hydrogens is 284 g/mol. The predicted molar refractivity (Wildman–Crippen MR) is 85.9 cm³/mol. The summed E-state index contributed by atoms with van der Waals surface area (Å²) in [6.07, 6.45) is 1.54. The molecule has 1 heterocycles. The van der Waals surface area contributed by atoms with Crippen LogP contribution in [0.25, 0.3) is 0 Å². The van der Waals surface area contributed by atoms with Gasteiger partial charge in [0.1, 0.15) is 5.78 Å². The van der Waals surface area contributed by atoms with Gasteiger partial charge in [0.25, 0.3) is 0 Å². The van der Waals surface area contributed by atoms with Gasteiger partial charge in [-0.05, 0) is 25.8 Å². The Labute approximate surface area is 130 Å². The zero-order valence-electron chi connectivity index (χ0n) is 13.0. The van der Waals surface area contributed by atoms with E-state index in [9.17, 15) is 4.79 Å². The van der Waals surface area contributed by atoms with Crippen molar-refractivity contribution < 1.29 is 4.79 Å². The van der Waals surface area contributed by atoms with Crippen molar-refractivity contribution in [2.45, 2.75) is 40.0 Å². The first kappa shape index (κ1) is 15.8. The minimum atomic E-state index is 0.160. The van der Waals surface area contributed by atoms with Crippen LogP contribution >= 0.6 is 11.6 Å². The highest BCUT2D eigenvalue weighted by Gasteiger charge is 2.16. The summed E-state index contributed by atoms with van der Waals surface area (Å²) >= 11 is 6.29. The van der Waals surface area contributed by atoms with Crippen LogP contribution in [0.1, 0.15) is 35.0 Å². The van der Waals surface area contributed by atoms with Crippen LogP contribution in [0.4, 0.5) is 0 Å². The molecule has 0 bridgehead atoms. The first-order chi connectivity index (χ1) is 9.90. The molecule has 0 aliphatic rings. The van der Waals surface area contributed by atoms with Gasteiger partial charge in [0, 0.05) is 13.5 Å². The standard InChI is InChI=1S/C17H21ClN2O/c1-5-15-17(18)16(20(4)19-15)10-14(21)9-13-7-11(2)6-12(3)8-13/h6-8H,5,9-10H2,1-4H3. The second-order valence-electron chi connectivity index (χ2n) is 5.57. The fraction of sp³-hybridized carbons (Fsp3) is 0.412. The lowest BCUT2D eigenvalue weighted by Crippen LogP contribution is -2.10. The first-order valence-corrected chi connectivity index (χ1v) is 7.57. The second kappa shape index (κ2) is 6.44. The molecule has 2 rings (SSSR count). The van der Waals surface area contributed by atoms with Crippen LogP contribution in [0.3, 0.4) is 0 Å². The molecule has 21 heavy (non-hydrogen) atoms. The van der Waals surface area contributed by atoms with Crippen molar-refractivity contribution in [3.8, 4) is 0 Å². The van der Waals surface area contributed by atoms with E-state index in [1.165, 1.54) is 11.1 Å². The minimum absolute atomic E-state index is 0.160. The molecule has 112 valence electrons. The van der Waals surface area contributed by atoms with Gasteiger partial charge in [-0.15, -0.1) is 0 Å². The number of halogens is 1. The summed E-state index contributed by atoms with van der Waals surface area (Å²) in [5.74, 6) is 0.160. The van der Waals surface area contributed by atoms with Gasteiger partial charge in [0.2, 0.25) is 0 Å². The van der Waals surface area contributed by atoms with Gasteiger partial charge >= 0.3 is 0 Å². The summed E-state index contributed by atoms with van der Waals surface area (Å²) < 4.78 is 1.72. The van der Waals surface area contributed by atoms with E-state index in [-0.39, 0.29) is 5.78 Å². The zero-order valence-corrected chi connectivity index (χ0v) is 13.8. The quantitative estimate of drug-likeness (QED) is 0.846. The minimum Gasteiger partial charge on any atom is -0.299 e. The third-order valence-corrected chi connectivity index (χ3v) is 3.99. The third kappa shape index (κ3) is 3.73. The van der Waals surface area contributed by atoms with Gasteiger partial charge in [-0.1, -0.05) is 47.9 Å². The first-order valence-electron chi connectivity index (χ1n) is 7.19. The number of carbonyl (C=O) groups excluding carboxylic acids is 1. The molecule has 0 saturated carbocycles. The maximum Gasteiger partial charge on any atom is 0.143 e. The number of aromatic nitrogens is 2. The molecule has 0 amide bonds. The summed E-state index contributed by atoms with van der Waals surface area (Å²) in [6.45, 7) is 6.11. The van der Waals surface area contributed by atoms with Crippen molar-refractivity contribution in [3.63, 3.8) is 0 Å². The van der Waals surface area contributed by atoms with Crippen LogP contribution in [0.2, 0.25) is 5.02 Å². The summed E-state index contributed by atoms with van der Waals surface area (Å²) in [7, 11) is 1.84. The van der Waals surface area contributed by atoms with Gasteiger partial charge < -0.3 is 0 Å². The molecule has 1 aromatic carbocycles. The number of carbonyl (C=O) groups is 1. The van der Waals surface area contributed by atoms with Crippen LogP contribution in [-0.4, -0.2) is 15.6 Å². The van der Waals surface area contributed by atoms with Crippen molar-refractivity contribution in [2.24, 2.45) is 7.05 Å². The van der Waals surface area contributed by atoms with Crippen molar-refractivity contribution in [3.05, 3.63) is 51.3 Å². The molecular formula is C17H21ClN2O. The van der Waals surface area contributed by atoms with Crippen LogP contribution < -0.4 is 0 Å². The monoisotopic (exact) mass is 304 g/mol. The number of rotatable bonds is 5. The number of hydrogen-bond acceptors (Lipinski definition) is 2. The molecule has 4 heteroatoms. The fourth-order valence-corrected chi connectivity index (χ4v) is 3.02. The lowest BCUT2D eigenvalue weighted by atomic mass is 10.0. The highest BCUT2D eigenvalue weighted by atomic mass is 35.5. The Morgan fingerprint density at radius 2 is 1.81 bits per heavy atom. The van der Waals surface area contributed by atoms with E-state index in [0.29, 0.717) is 17.9 Å². The number of Topliss-reactive ketones (excluding diaryl/α,β-unsaturated/α-hetero) is 1. The van der Waals surface area contributed by atoms with Crippen LogP contribution in [0.15, 0.2) is 18.2 Å². The predicted octanol–water partition coefficient (Wildman–Crippen LogP) is 3.61. The molecule has 0 radical (unpaired) electrons. The average molecular weight is 305 g/mol. The molecule has 0 atom stereocenters. The van der Waals surface area contributed by atoms with E-state index in [0.717, 1.165) is 23.4 Å². The highest BCUT2D eigenvalue weighted by molar-refractivity contribution is 6.32. The van der Waals surface area contributed by atoms with Crippen LogP contribution in [0, 0.1) is 13.8 Å². The lowest BCUT2D eigenvalue weighted by molar-refractivity contribution is -0.117. The number of hydrogen-bond donors (Lipinski definition) is 0. The molecule has 0 saturated heterocycles. The number of benzene rings is 1. The van der Waals surface area contributed by atoms with Gasteiger partial charge in [0.05, 0.1) is 22.8 Å². The average Bonchev–Trinajstić information content (AvgIpc) is 2.64. The molecule has 3 nitrogen and oxygen atoms in total. The molecule has 0 N–H and O–H groups in total. The highest BCUT2D eigenvalue weighted by Crippen LogP contribution is 2.22. The Morgan fingerprint density at radius 1 is 1.19 bits per heavy atom. The van der Waals surface area contributed by atoms with Crippen molar-refractivity contribution in [2.75, 3.05) is 0 Å². The molecule has 2 aromatic rings. The summed E-state index contributed by atoms with van der Waals surface area (Å²) in [5.41, 5.74) is 5.09. The topological polar surface area (TPSA) is 34.9 Å². The largest absolute Gasteiger partial charge is 0.299 e. The third-order valence-electron chi connectivity index (χ3n) is 3.55. The molecule has 0 spiro atoms. The second-order valence-corrected chi connectivity index (χ2v) is 5.95. The van der Waals surface area contributed by atoms with E-state index >= 15 is 0 Å². The van der Waals surface area contributed by atoms with Gasteiger partial charge in [-0.2, -0.15) is 5.10 Å². The lowest BCUT2D eigenvalue weighted by Gasteiger charge is -2.05. The summed E-state index contributed by atoms with van der Waals surface area (Å²) in [4.78, 5) is 12.3. The summed E-state index contributed by atoms with van der Waals surface area (Å²) in [5, 5.41) is 4.98. The molecule has 0 aliphatic heterocycles. The Hall–Kier alpha value is -1.61. The van der Waals surface area contributed by atoms with Crippen molar-refractivity contribution in [1.82, 2.24) is 9.78 Å². The van der Waals surface area contributed by atoms with Crippen molar-refractivity contribution >= 4 is 17.4 Å². The maximum absolute atomic E-state index is 12.3. The van der Waals surface area contributed by atoms with E-state index in [4.69, 9.17) is 11.6 Å². The molecule has 0 aliphatic carbocycles. The Balaban J connectivity index is 2.13. The number of aryl methyl sites for hydroxylation is 4. The molecule has 1 aromatic heterocycles. The van der Waals surface area contributed by atoms with Crippen molar-refractivity contribution in [1.29, 1.82) is 0 Å². The summed E-state index contributed by atoms with van der Waals surface area (Å²) in [6, 6.07) is 6.24. The molecule has 0 fully saturated rings. The SMILES string of the molecule is CCc1nn(C)c(CC(=O)Cc2cc(C)cc(C)c2)c1Cl. The van der Waals surface area contributed by atoms with E-state index < -0.39 is 0 Å². The maximum atomic E-state index is 12.3. The van der Waals surface area contributed by atoms with Gasteiger partial charge in [0.15, 0.2) is 0 Å².